The molecule has 0 rings (SSSR count). The van der Waals surface area contributed by atoms with Gasteiger partial charge in [-0.3, -0.25) is 37.3 Å². The Kier molecular flexibility index (Phi) is 55.7. The molecular weight excluding hydrogens is 1140 g/mol. The Morgan fingerprint density at radius 2 is 0.558 bits per heavy atom. The zero-order chi connectivity index (χ0) is 63.9. The summed E-state index contributed by atoms with van der Waals surface area (Å²) >= 11 is 0. The number of rotatable bonds is 64. The number of hydrogen-bond donors (Lipinski definition) is 3. The quantitative estimate of drug-likeness (QED) is 0.0222. The van der Waals surface area contributed by atoms with Gasteiger partial charge in [-0.25, -0.2) is 9.13 Å². The van der Waals surface area contributed by atoms with Gasteiger partial charge in [0.25, 0.3) is 0 Å². The molecule has 0 bridgehead atoms. The van der Waals surface area contributed by atoms with Crippen LogP contribution in [0.4, 0.5) is 0 Å². The Morgan fingerprint density at radius 3 is 0.826 bits per heavy atom. The molecule has 0 aromatic rings. The van der Waals surface area contributed by atoms with E-state index in [1.165, 1.54) is 128 Å². The number of aliphatic hydroxyl groups excluding tert-OH is 1. The maximum absolute atomic E-state index is 13.0. The van der Waals surface area contributed by atoms with Gasteiger partial charge in [0.05, 0.1) is 26.4 Å². The van der Waals surface area contributed by atoms with Crippen LogP contribution in [0.5, 0.6) is 0 Å². The fourth-order valence-electron chi connectivity index (χ4n) is 9.93. The topological polar surface area (TPSA) is 237 Å². The molecule has 0 amide bonds. The second-order valence-electron chi connectivity index (χ2n) is 25.9. The standard InChI is InChI=1S/C67H130O17P2/c1-9-60(8)46-38-30-22-15-18-26-34-42-50-67(72)84-63(54-78-65(70)48-40-32-24-16-13-20-28-36-44-58(4)5)56-82-86(75,76)80-52-61(68)51-79-85(73,74)81-55-62(83-66(71)49-41-33-25-17-14-21-29-37-45-59(6)7)53-77-64(69)47-39-31-23-12-10-11-19-27-35-43-57(2)3/h57-63,68H,9-56H2,1-8H3,(H,73,74)(H,75,76)/t60?,61?,62-,63-/m1/s1. The van der Waals surface area contributed by atoms with E-state index in [4.69, 9.17) is 37.0 Å². The molecule has 0 radical (unpaired) electrons. The molecule has 510 valence electrons. The summed E-state index contributed by atoms with van der Waals surface area (Å²) in [6.07, 6.45) is 37.6. The molecule has 0 aromatic carbocycles. The summed E-state index contributed by atoms with van der Waals surface area (Å²) in [5.41, 5.74) is 0. The van der Waals surface area contributed by atoms with Crippen molar-refractivity contribution in [3.05, 3.63) is 0 Å². The fraction of sp³-hybridized carbons (Fsp3) is 0.940. The largest absolute Gasteiger partial charge is 0.472 e. The van der Waals surface area contributed by atoms with Crippen molar-refractivity contribution in [1.82, 2.24) is 0 Å². The summed E-state index contributed by atoms with van der Waals surface area (Å²) in [6, 6.07) is 0. The third-order valence-corrected chi connectivity index (χ3v) is 17.6. The Morgan fingerprint density at radius 1 is 0.326 bits per heavy atom. The van der Waals surface area contributed by atoms with Crippen LogP contribution < -0.4 is 0 Å². The summed E-state index contributed by atoms with van der Waals surface area (Å²) in [5.74, 6) is 0.821. The van der Waals surface area contributed by atoms with Crippen LogP contribution in [0.15, 0.2) is 0 Å². The molecule has 0 heterocycles. The number of phosphoric ester groups is 2. The molecular formula is C67H130O17P2. The van der Waals surface area contributed by atoms with Gasteiger partial charge in [-0.2, -0.15) is 0 Å². The average molecular weight is 1270 g/mol. The van der Waals surface area contributed by atoms with Crippen LogP contribution in [0.25, 0.3) is 0 Å². The molecule has 0 aliphatic heterocycles. The summed E-state index contributed by atoms with van der Waals surface area (Å²) in [6.45, 7) is 14.0. The van der Waals surface area contributed by atoms with E-state index >= 15 is 0 Å². The lowest BCUT2D eigenvalue weighted by Crippen LogP contribution is -2.30. The van der Waals surface area contributed by atoms with Crippen molar-refractivity contribution in [1.29, 1.82) is 0 Å². The van der Waals surface area contributed by atoms with Crippen LogP contribution >= 0.6 is 15.6 Å². The van der Waals surface area contributed by atoms with Crippen molar-refractivity contribution in [2.75, 3.05) is 39.6 Å². The Hall–Kier alpha value is -1.94. The molecule has 0 spiro atoms. The lowest BCUT2D eigenvalue weighted by molar-refractivity contribution is -0.161. The van der Waals surface area contributed by atoms with Gasteiger partial charge in [-0.15, -0.1) is 0 Å². The SMILES string of the molecule is CCC(C)CCCCCCCCCCC(=O)O[C@H](COC(=O)CCCCCCCCCCC(C)C)COP(=O)(O)OCC(O)COP(=O)(O)OC[C@@H](COC(=O)CCCCCCCCCCCC(C)C)OC(=O)CCCCCCCCCCC(C)C. The van der Waals surface area contributed by atoms with Gasteiger partial charge in [0.15, 0.2) is 12.2 Å². The van der Waals surface area contributed by atoms with Crippen molar-refractivity contribution in [2.24, 2.45) is 23.7 Å². The maximum atomic E-state index is 13.0. The molecule has 0 aliphatic carbocycles. The van der Waals surface area contributed by atoms with Crippen LogP contribution in [0, 0.1) is 23.7 Å². The number of phosphoric acid groups is 2. The van der Waals surface area contributed by atoms with Crippen LogP contribution in [0.3, 0.4) is 0 Å². The van der Waals surface area contributed by atoms with E-state index < -0.39 is 97.5 Å². The number of carbonyl (C=O) groups is 4. The highest BCUT2D eigenvalue weighted by Crippen LogP contribution is 2.45. The molecule has 19 heteroatoms. The first kappa shape index (κ1) is 84.1. The highest BCUT2D eigenvalue weighted by atomic mass is 31.2. The van der Waals surface area contributed by atoms with Crippen LogP contribution in [0.2, 0.25) is 0 Å². The van der Waals surface area contributed by atoms with E-state index in [9.17, 15) is 43.2 Å². The first-order chi connectivity index (χ1) is 41.1. The highest BCUT2D eigenvalue weighted by molar-refractivity contribution is 7.47. The maximum Gasteiger partial charge on any atom is 0.472 e. The summed E-state index contributed by atoms with van der Waals surface area (Å²) in [4.78, 5) is 72.4. The van der Waals surface area contributed by atoms with Gasteiger partial charge < -0.3 is 33.8 Å². The van der Waals surface area contributed by atoms with Gasteiger partial charge in [0.1, 0.15) is 19.3 Å². The number of aliphatic hydroxyl groups is 1. The van der Waals surface area contributed by atoms with Crippen molar-refractivity contribution in [3.8, 4) is 0 Å². The normalized spacial score (nSPS) is 14.7. The van der Waals surface area contributed by atoms with Gasteiger partial charge in [0, 0.05) is 25.7 Å². The van der Waals surface area contributed by atoms with E-state index in [-0.39, 0.29) is 25.7 Å². The molecule has 6 atom stereocenters. The Labute approximate surface area is 524 Å². The molecule has 86 heavy (non-hydrogen) atoms. The Balaban J connectivity index is 5.27. The minimum absolute atomic E-state index is 0.103. The number of hydrogen-bond acceptors (Lipinski definition) is 15. The highest BCUT2D eigenvalue weighted by Gasteiger charge is 2.30. The molecule has 0 aliphatic rings. The molecule has 0 fully saturated rings. The summed E-state index contributed by atoms with van der Waals surface area (Å²) < 4.78 is 68.1. The Bertz CT molecular complexity index is 1720. The van der Waals surface area contributed by atoms with Gasteiger partial charge >= 0.3 is 39.5 Å². The minimum atomic E-state index is -4.95. The molecule has 0 saturated carbocycles. The van der Waals surface area contributed by atoms with Crippen molar-refractivity contribution in [3.63, 3.8) is 0 Å². The van der Waals surface area contributed by atoms with Gasteiger partial charge in [0.2, 0.25) is 0 Å². The zero-order valence-electron chi connectivity index (χ0n) is 55.9. The minimum Gasteiger partial charge on any atom is -0.462 e. The summed E-state index contributed by atoms with van der Waals surface area (Å²) in [7, 11) is -9.90. The van der Waals surface area contributed by atoms with Gasteiger partial charge in [-0.1, -0.05) is 274 Å². The molecule has 0 saturated heterocycles. The van der Waals surface area contributed by atoms with Crippen molar-refractivity contribution >= 4 is 39.5 Å². The molecule has 4 unspecified atom stereocenters. The van der Waals surface area contributed by atoms with E-state index in [0.29, 0.717) is 25.7 Å². The molecule has 3 N–H and O–H groups in total. The number of carbonyl (C=O) groups excluding carboxylic acids is 4. The average Bonchev–Trinajstić information content (AvgIpc) is 3.68. The molecule has 17 nitrogen and oxygen atoms in total. The number of unbranched alkanes of at least 4 members (excludes halogenated alkanes) is 29. The van der Waals surface area contributed by atoms with Crippen molar-refractivity contribution < 1.29 is 80.2 Å². The van der Waals surface area contributed by atoms with Crippen LogP contribution in [-0.4, -0.2) is 96.7 Å². The summed E-state index contributed by atoms with van der Waals surface area (Å²) in [5, 5.41) is 10.6. The molecule has 0 aromatic heterocycles. The first-order valence-corrected chi connectivity index (χ1v) is 37.7. The fourth-order valence-corrected chi connectivity index (χ4v) is 11.5. The van der Waals surface area contributed by atoms with Crippen LogP contribution in [-0.2, 0) is 65.4 Å². The smallest absolute Gasteiger partial charge is 0.462 e. The number of esters is 4. The number of ether oxygens (including phenoxy) is 4. The first-order valence-electron chi connectivity index (χ1n) is 34.7. The van der Waals surface area contributed by atoms with Crippen LogP contribution in [0.1, 0.15) is 325 Å². The van der Waals surface area contributed by atoms with E-state index in [2.05, 4.69) is 55.4 Å². The van der Waals surface area contributed by atoms with Crippen molar-refractivity contribution in [2.45, 2.75) is 343 Å². The second kappa shape index (κ2) is 57.0. The predicted octanol–water partition coefficient (Wildman–Crippen LogP) is 18.5. The lowest BCUT2D eigenvalue weighted by atomic mass is 9.99. The zero-order valence-corrected chi connectivity index (χ0v) is 57.7. The predicted molar refractivity (Wildman–Crippen MR) is 344 cm³/mol. The third-order valence-electron chi connectivity index (χ3n) is 15.7. The second-order valence-corrected chi connectivity index (χ2v) is 28.8. The third kappa shape index (κ3) is 59.7. The van der Waals surface area contributed by atoms with E-state index in [0.717, 1.165) is 114 Å². The van der Waals surface area contributed by atoms with E-state index in [1.54, 1.807) is 0 Å². The lowest BCUT2D eigenvalue weighted by Gasteiger charge is -2.21. The van der Waals surface area contributed by atoms with Gasteiger partial charge in [-0.05, 0) is 49.4 Å². The van der Waals surface area contributed by atoms with E-state index in [1.807, 2.05) is 0 Å². The monoisotopic (exact) mass is 1270 g/mol.